The Morgan fingerprint density at radius 3 is 2.61 bits per heavy atom. The van der Waals surface area contributed by atoms with E-state index in [4.69, 9.17) is 9.47 Å². The summed E-state index contributed by atoms with van der Waals surface area (Å²) in [4.78, 5) is 26.7. The minimum absolute atomic E-state index is 0.0232. The fourth-order valence-electron chi connectivity index (χ4n) is 4.94. The molecule has 0 radical (unpaired) electrons. The molecule has 0 saturated carbocycles. The summed E-state index contributed by atoms with van der Waals surface area (Å²) in [6.45, 7) is 3.97. The number of phenolic OH excluding ortho intramolecular Hbond substituents is 1. The average molecular weight is 448 g/mol. The van der Waals surface area contributed by atoms with Gasteiger partial charge in [0.1, 0.15) is 11.5 Å². The molecule has 6 nitrogen and oxygen atoms in total. The number of ether oxygens (including phenoxy) is 2. The van der Waals surface area contributed by atoms with Crippen LogP contribution >= 0.6 is 0 Å². The first-order valence-corrected chi connectivity index (χ1v) is 11.3. The molecule has 172 valence electrons. The van der Waals surface area contributed by atoms with Crippen LogP contribution in [-0.4, -0.2) is 30.6 Å². The van der Waals surface area contributed by atoms with Gasteiger partial charge in [0.25, 0.3) is 0 Å². The molecule has 0 saturated heterocycles. The molecule has 2 atom stereocenters. The van der Waals surface area contributed by atoms with Gasteiger partial charge in [-0.25, -0.2) is 4.79 Å². The summed E-state index contributed by atoms with van der Waals surface area (Å²) in [6, 6.07) is 14.5. The zero-order valence-corrected chi connectivity index (χ0v) is 19.2. The Morgan fingerprint density at radius 2 is 1.91 bits per heavy atom. The fourth-order valence-corrected chi connectivity index (χ4v) is 4.94. The number of carbonyl (C=O) groups is 2. The monoisotopic (exact) mass is 447 g/mol. The Hall–Kier alpha value is -3.54. The molecule has 1 heterocycles. The van der Waals surface area contributed by atoms with Gasteiger partial charge in [-0.15, -0.1) is 0 Å². The Morgan fingerprint density at radius 1 is 1.12 bits per heavy atom. The summed E-state index contributed by atoms with van der Waals surface area (Å²) in [5, 5.41) is 13.6. The van der Waals surface area contributed by atoms with Gasteiger partial charge in [-0.05, 0) is 49.1 Å². The number of para-hydroxylation sites is 1. The normalized spacial score (nSPS) is 20.3. The highest BCUT2D eigenvalue weighted by atomic mass is 16.5. The van der Waals surface area contributed by atoms with Gasteiger partial charge in [0.15, 0.2) is 5.78 Å². The lowest BCUT2D eigenvalue weighted by molar-refractivity contribution is -0.138. The summed E-state index contributed by atoms with van der Waals surface area (Å²) in [7, 11) is 1.63. The van der Waals surface area contributed by atoms with E-state index in [1.54, 1.807) is 32.2 Å². The molecule has 0 bridgehead atoms. The minimum Gasteiger partial charge on any atom is -0.508 e. The second kappa shape index (κ2) is 9.53. The molecule has 0 spiro atoms. The van der Waals surface area contributed by atoms with Gasteiger partial charge in [-0.1, -0.05) is 37.3 Å². The highest BCUT2D eigenvalue weighted by Gasteiger charge is 2.42. The zero-order chi connectivity index (χ0) is 23.5. The number of Topliss-reactive ketones (excluding diaryl/α,β-unsaturated/α-hetero) is 1. The van der Waals surface area contributed by atoms with Crippen molar-refractivity contribution in [2.24, 2.45) is 0 Å². The summed E-state index contributed by atoms with van der Waals surface area (Å²) >= 11 is 0. The molecular formula is C27H29NO5. The molecule has 0 aromatic heterocycles. The van der Waals surface area contributed by atoms with Crippen LogP contribution in [0.5, 0.6) is 11.5 Å². The maximum Gasteiger partial charge on any atom is 0.336 e. The average Bonchev–Trinajstić information content (AvgIpc) is 2.82. The van der Waals surface area contributed by atoms with Crippen molar-refractivity contribution in [1.29, 1.82) is 0 Å². The number of esters is 1. The number of methoxy groups -OCH3 is 1. The van der Waals surface area contributed by atoms with Gasteiger partial charge in [0.05, 0.1) is 19.3 Å². The van der Waals surface area contributed by atoms with Crippen LogP contribution in [0, 0.1) is 0 Å². The van der Waals surface area contributed by atoms with Gasteiger partial charge in [-0.2, -0.15) is 0 Å². The third kappa shape index (κ3) is 4.25. The van der Waals surface area contributed by atoms with Crippen LogP contribution in [0.25, 0.3) is 0 Å². The van der Waals surface area contributed by atoms with Gasteiger partial charge >= 0.3 is 5.97 Å². The van der Waals surface area contributed by atoms with Crippen LogP contribution in [0.3, 0.4) is 0 Å². The van der Waals surface area contributed by atoms with E-state index in [1.165, 1.54) is 0 Å². The molecule has 2 aliphatic rings. The van der Waals surface area contributed by atoms with Crippen LogP contribution in [0.4, 0.5) is 0 Å². The number of hydrogen-bond donors (Lipinski definition) is 2. The second-order valence-electron chi connectivity index (χ2n) is 8.28. The molecular weight excluding hydrogens is 418 g/mol. The smallest absolute Gasteiger partial charge is 0.336 e. The van der Waals surface area contributed by atoms with Crippen LogP contribution < -0.4 is 10.1 Å². The molecule has 2 aromatic rings. The van der Waals surface area contributed by atoms with E-state index >= 15 is 0 Å². The number of nitrogens with one attached hydrogen (secondary N) is 1. The number of rotatable bonds is 6. The highest BCUT2D eigenvalue weighted by Crippen LogP contribution is 2.47. The van der Waals surface area contributed by atoms with Crippen LogP contribution in [0.2, 0.25) is 0 Å². The molecule has 33 heavy (non-hydrogen) atoms. The quantitative estimate of drug-likeness (QED) is 0.624. The first-order chi connectivity index (χ1) is 16.0. The maximum absolute atomic E-state index is 13.6. The summed E-state index contributed by atoms with van der Waals surface area (Å²) < 4.78 is 10.9. The van der Waals surface area contributed by atoms with Gasteiger partial charge in [-0.3, -0.25) is 4.79 Å². The lowest BCUT2D eigenvalue weighted by Crippen LogP contribution is -2.36. The van der Waals surface area contributed by atoms with E-state index in [9.17, 15) is 14.7 Å². The fraction of sp³-hybridized carbons (Fsp3) is 0.333. The number of carbonyl (C=O) groups excluding carboxylic acids is 2. The van der Waals surface area contributed by atoms with Crippen molar-refractivity contribution in [2.75, 3.05) is 13.7 Å². The first kappa shape index (κ1) is 22.6. The minimum atomic E-state index is -0.589. The molecule has 4 rings (SSSR count). The number of benzene rings is 2. The molecule has 2 aromatic carbocycles. The van der Waals surface area contributed by atoms with Crippen molar-refractivity contribution >= 4 is 11.8 Å². The Balaban J connectivity index is 1.84. The molecule has 1 aliphatic carbocycles. The standard InChI is InChI=1S/C27H29NO5/c1-4-20-26(27(31)33-5-2)24(16-9-8-10-18(29)13-16)25-21(28-20)14-17(15-22(25)30)19-11-6-7-12-23(19)32-3/h6-13,17,24,28-29H,4-5,14-15H2,1-3H3/t17-,24+/m1/s1. The number of hydrogen-bond acceptors (Lipinski definition) is 6. The molecule has 6 heteroatoms. The SMILES string of the molecule is CCOC(=O)C1=C(CC)NC2=C(C(=O)C[C@H](c3ccccc3OC)C2)[C@@H]1c1cccc(O)c1. The van der Waals surface area contributed by atoms with Crippen molar-refractivity contribution in [1.82, 2.24) is 5.32 Å². The van der Waals surface area contributed by atoms with Crippen LogP contribution in [0.1, 0.15) is 56.1 Å². The maximum atomic E-state index is 13.6. The van der Waals surface area contributed by atoms with E-state index in [0.29, 0.717) is 36.0 Å². The number of allylic oxidation sites excluding steroid dienone is 3. The molecule has 2 N–H and O–H groups in total. The summed E-state index contributed by atoms with van der Waals surface area (Å²) in [5.74, 6) is -0.241. The van der Waals surface area contributed by atoms with E-state index in [1.807, 2.05) is 37.3 Å². The number of aromatic hydroxyl groups is 1. The van der Waals surface area contributed by atoms with E-state index < -0.39 is 11.9 Å². The molecule has 0 amide bonds. The van der Waals surface area contributed by atoms with E-state index in [2.05, 4.69) is 5.32 Å². The lowest BCUT2D eigenvalue weighted by Gasteiger charge is -2.37. The third-order valence-corrected chi connectivity index (χ3v) is 6.34. The Labute approximate surface area is 193 Å². The summed E-state index contributed by atoms with van der Waals surface area (Å²) in [6.07, 6.45) is 1.51. The van der Waals surface area contributed by atoms with Crippen molar-refractivity contribution < 1.29 is 24.2 Å². The van der Waals surface area contributed by atoms with E-state index in [-0.39, 0.29) is 24.1 Å². The van der Waals surface area contributed by atoms with Crippen LogP contribution in [-0.2, 0) is 14.3 Å². The molecule has 1 aliphatic heterocycles. The van der Waals surface area contributed by atoms with Crippen molar-refractivity contribution in [3.05, 3.63) is 82.2 Å². The molecule has 0 unspecified atom stereocenters. The summed E-state index contributed by atoms with van der Waals surface area (Å²) in [5.41, 5.74) is 4.27. The topological polar surface area (TPSA) is 84.9 Å². The number of dihydropyridines is 1. The first-order valence-electron chi connectivity index (χ1n) is 11.3. The predicted octanol–water partition coefficient (Wildman–Crippen LogP) is 4.72. The largest absolute Gasteiger partial charge is 0.508 e. The third-order valence-electron chi connectivity index (χ3n) is 6.34. The zero-order valence-electron chi connectivity index (χ0n) is 19.2. The highest BCUT2D eigenvalue weighted by molar-refractivity contribution is 6.04. The van der Waals surface area contributed by atoms with E-state index in [0.717, 1.165) is 22.7 Å². The van der Waals surface area contributed by atoms with Gasteiger partial charge in [0, 0.05) is 35.2 Å². The van der Waals surface area contributed by atoms with Crippen LogP contribution in [0.15, 0.2) is 71.1 Å². The van der Waals surface area contributed by atoms with Crippen molar-refractivity contribution in [3.63, 3.8) is 0 Å². The van der Waals surface area contributed by atoms with Crippen molar-refractivity contribution in [3.8, 4) is 11.5 Å². The Kier molecular flexibility index (Phi) is 6.54. The number of ketones is 1. The van der Waals surface area contributed by atoms with Crippen molar-refractivity contribution in [2.45, 2.75) is 44.9 Å². The van der Waals surface area contributed by atoms with Gasteiger partial charge in [0.2, 0.25) is 0 Å². The lowest BCUT2D eigenvalue weighted by atomic mass is 9.71. The molecule has 0 fully saturated rings. The predicted molar refractivity (Wildman–Crippen MR) is 125 cm³/mol. The second-order valence-corrected chi connectivity index (χ2v) is 8.28. The Bertz CT molecular complexity index is 1150. The van der Waals surface area contributed by atoms with Gasteiger partial charge < -0.3 is 19.9 Å². The number of phenols is 1.